The summed E-state index contributed by atoms with van der Waals surface area (Å²) in [4.78, 5) is 0. The van der Waals surface area contributed by atoms with Crippen LogP contribution in [0.2, 0.25) is 0 Å². The highest BCUT2D eigenvalue weighted by atomic mass is 79.9. The summed E-state index contributed by atoms with van der Waals surface area (Å²) < 4.78 is 13.9. The zero-order valence-electron chi connectivity index (χ0n) is 8.05. The molecule has 1 heterocycles. The molecule has 1 fully saturated rings. The van der Waals surface area contributed by atoms with E-state index < -0.39 is 0 Å². The fourth-order valence-electron chi connectivity index (χ4n) is 1.75. The first-order valence-corrected chi connectivity index (χ1v) is 7.21. The molecule has 82 valence electrons. The van der Waals surface area contributed by atoms with Crippen LogP contribution in [0.1, 0.15) is 5.56 Å². The number of hydrogen-bond donors (Lipinski definition) is 0. The molecule has 0 nitrogen and oxygen atoms in total. The van der Waals surface area contributed by atoms with Crippen LogP contribution in [0.15, 0.2) is 22.7 Å². The summed E-state index contributed by atoms with van der Waals surface area (Å²) in [6.45, 7) is 0. The molecule has 2 rings (SSSR count). The van der Waals surface area contributed by atoms with Crippen LogP contribution in [0.5, 0.6) is 0 Å². The van der Waals surface area contributed by atoms with Crippen LogP contribution >= 0.6 is 39.3 Å². The van der Waals surface area contributed by atoms with Gasteiger partial charge in [0.25, 0.3) is 0 Å². The largest absolute Gasteiger partial charge is 0.206 e. The molecule has 1 aromatic carbocycles. The Balaban J connectivity index is 2.13. The maximum absolute atomic E-state index is 13.3. The first-order chi connectivity index (χ1) is 7.18. The Morgan fingerprint density at radius 3 is 2.93 bits per heavy atom. The van der Waals surface area contributed by atoms with Crippen molar-refractivity contribution in [3.63, 3.8) is 0 Å². The second-order valence-electron chi connectivity index (χ2n) is 3.73. The zero-order chi connectivity index (χ0) is 10.8. The van der Waals surface area contributed by atoms with Crippen LogP contribution in [0.3, 0.4) is 0 Å². The summed E-state index contributed by atoms with van der Waals surface area (Å²) in [5.74, 6) is 2.37. The predicted molar refractivity (Wildman–Crippen MR) is 68.3 cm³/mol. The predicted octanol–water partition coefficient (Wildman–Crippen LogP) is 4.10. The lowest BCUT2D eigenvalue weighted by molar-refractivity contribution is 0.586. The topological polar surface area (TPSA) is 0 Å². The van der Waals surface area contributed by atoms with Crippen molar-refractivity contribution in [3.8, 4) is 0 Å². The highest BCUT2D eigenvalue weighted by molar-refractivity contribution is 9.10. The molecule has 15 heavy (non-hydrogen) atoms. The monoisotopic (exact) mass is 308 g/mol. The number of thioether (sulfide) groups is 1. The van der Waals surface area contributed by atoms with Gasteiger partial charge in [0.2, 0.25) is 0 Å². The molecule has 0 aliphatic carbocycles. The van der Waals surface area contributed by atoms with E-state index in [2.05, 4.69) is 15.9 Å². The average Bonchev–Trinajstić information content (AvgIpc) is 2.60. The minimum Gasteiger partial charge on any atom is -0.206 e. The lowest BCUT2D eigenvalue weighted by atomic mass is 9.98. The molecule has 0 N–H and O–H groups in total. The van der Waals surface area contributed by atoms with E-state index in [-0.39, 0.29) is 11.2 Å². The van der Waals surface area contributed by atoms with Gasteiger partial charge in [-0.2, -0.15) is 11.8 Å². The molecule has 0 bridgehead atoms. The van der Waals surface area contributed by atoms with Crippen LogP contribution in [-0.2, 0) is 6.42 Å². The van der Waals surface area contributed by atoms with Crippen LogP contribution in [0.4, 0.5) is 4.39 Å². The first-order valence-electron chi connectivity index (χ1n) is 4.83. The van der Waals surface area contributed by atoms with Crippen LogP contribution in [0.25, 0.3) is 0 Å². The van der Waals surface area contributed by atoms with Crippen molar-refractivity contribution < 1.29 is 4.39 Å². The van der Waals surface area contributed by atoms with Crippen LogP contribution in [0, 0.1) is 11.7 Å². The molecule has 1 aliphatic rings. The van der Waals surface area contributed by atoms with Crippen molar-refractivity contribution in [2.75, 3.05) is 11.5 Å². The first kappa shape index (κ1) is 11.7. The quantitative estimate of drug-likeness (QED) is 0.741. The molecule has 2 atom stereocenters. The Morgan fingerprint density at radius 1 is 1.47 bits per heavy atom. The molecule has 2 unspecified atom stereocenters. The summed E-state index contributed by atoms with van der Waals surface area (Å²) in [5, 5.41) is 0.227. The maximum atomic E-state index is 13.3. The van der Waals surface area contributed by atoms with Gasteiger partial charge in [0.1, 0.15) is 5.82 Å². The average molecular weight is 310 g/mol. The summed E-state index contributed by atoms with van der Waals surface area (Å²) in [6.07, 6.45) is 0.861. The standard InChI is InChI=1S/C11H11BrClFS/c12-11-7(2-1-3-10(11)14)4-8-5-15-6-9(8)13/h1-3,8-9H,4-6H2. The third-order valence-corrected chi connectivity index (χ3v) is 5.47. The number of benzene rings is 1. The molecule has 0 radical (unpaired) electrons. The minimum absolute atomic E-state index is 0.190. The van der Waals surface area contributed by atoms with Gasteiger partial charge in [-0.3, -0.25) is 0 Å². The molecule has 0 aromatic heterocycles. The molecular weight excluding hydrogens is 299 g/mol. The summed E-state index contributed by atoms with van der Waals surface area (Å²) in [7, 11) is 0. The summed E-state index contributed by atoms with van der Waals surface area (Å²) >= 11 is 11.4. The maximum Gasteiger partial charge on any atom is 0.137 e. The number of halogens is 3. The van der Waals surface area contributed by atoms with Gasteiger partial charge in [0.05, 0.1) is 4.47 Å². The van der Waals surface area contributed by atoms with Crippen molar-refractivity contribution in [3.05, 3.63) is 34.1 Å². The third kappa shape index (κ3) is 2.69. The Kier molecular flexibility index (Phi) is 3.97. The zero-order valence-corrected chi connectivity index (χ0v) is 11.2. The molecule has 0 amide bonds. The van der Waals surface area contributed by atoms with E-state index >= 15 is 0 Å². The van der Waals surface area contributed by atoms with Crippen molar-refractivity contribution in [2.24, 2.45) is 5.92 Å². The van der Waals surface area contributed by atoms with Gasteiger partial charge in [-0.25, -0.2) is 4.39 Å². The number of alkyl halides is 1. The van der Waals surface area contributed by atoms with Crippen molar-refractivity contribution in [1.82, 2.24) is 0 Å². The molecular formula is C11H11BrClFS. The van der Waals surface area contributed by atoms with Gasteiger partial charge in [0, 0.05) is 11.1 Å². The lowest BCUT2D eigenvalue weighted by Crippen LogP contribution is -2.15. The number of hydrogen-bond acceptors (Lipinski definition) is 1. The van der Waals surface area contributed by atoms with Crippen LogP contribution < -0.4 is 0 Å². The van der Waals surface area contributed by atoms with E-state index in [9.17, 15) is 4.39 Å². The fraction of sp³-hybridized carbons (Fsp3) is 0.455. The second-order valence-corrected chi connectivity index (χ2v) is 6.16. The fourth-order valence-corrected chi connectivity index (χ4v) is 4.01. The Hall–Kier alpha value is 0.270. The Bertz CT molecular complexity index is 358. The van der Waals surface area contributed by atoms with Gasteiger partial charge in [-0.1, -0.05) is 12.1 Å². The number of rotatable bonds is 2. The molecule has 0 spiro atoms. The van der Waals surface area contributed by atoms with Gasteiger partial charge in [-0.05, 0) is 45.7 Å². The normalized spacial score (nSPS) is 25.8. The van der Waals surface area contributed by atoms with Crippen molar-refractivity contribution >= 4 is 39.3 Å². The second kappa shape index (κ2) is 5.07. The molecule has 4 heteroatoms. The van der Waals surface area contributed by atoms with Crippen molar-refractivity contribution in [2.45, 2.75) is 11.8 Å². The Morgan fingerprint density at radius 2 is 2.27 bits per heavy atom. The van der Waals surface area contributed by atoms with Gasteiger partial charge in [0.15, 0.2) is 0 Å². The van der Waals surface area contributed by atoms with Crippen LogP contribution in [-0.4, -0.2) is 16.9 Å². The van der Waals surface area contributed by atoms with Gasteiger partial charge >= 0.3 is 0 Å². The molecule has 1 saturated heterocycles. The highest BCUT2D eigenvalue weighted by Gasteiger charge is 2.26. The SMILES string of the molecule is Fc1cccc(CC2CSCC2Cl)c1Br. The van der Waals surface area contributed by atoms with E-state index in [4.69, 9.17) is 11.6 Å². The van der Waals surface area contributed by atoms with E-state index in [1.807, 2.05) is 17.8 Å². The minimum atomic E-state index is -0.190. The molecule has 0 saturated carbocycles. The van der Waals surface area contributed by atoms with Gasteiger partial charge < -0.3 is 0 Å². The van der Waals surface area contributed by atoms with E-state index in [0.29, 0.717) is 10.4 Å². The van der Waals surface area contributed by atoms with E-state index in [1.165, 1.54) is 6.07 Å². The highest BCUT2D eigenvalue weighted by Crippen LogP contribution is 2.33. The summed E-state index contributed by atoms with van der Waals surface area (Å²) in [5.41, 5.74) is 1.02. The van der Waals surface area contributed by atoms with E-state index in [1.54, 1.807) is 6.07 Å². The third-order valence-electron chi connectivity index (χ3n) is 2.63. The smallest absolute Gasteiger partial charge is 0.137 e. The van der Waals surface area contributed by atoms with Crippen molar-refractivity contribution in [1.29, 1.82) is 0 Å². The van der Waals surface area contributed by atoms with Gasteiger partial charge in [-0.15, -0.1) is 11.6 Å². The summed E-state index contributed by atoms with van der Waals surface area (Å²) in [6, 6.07) is 5.18. The Labute approximate surface area is 107 Å². The lowest BCUT2D eigenvalue weighted by Gasteiger charge is -2.13. The molecule has 1 aromatic rings. The van der Waals surface area contributed by atoms with E-state index in [0.717, 1.165) is 23.5 Å². The molecule has 1 aliphatic heterocycles.